The number of ether oxygens (including phenoxy) is 2. The average molecular weight is 279 g/mol. The van der Waals surface area contributed by atoms with Crippen LogP contribution < -0.4 is 9.64 Å². The summed E-state index contributed by atoms with van der Waals surface area (Å²) in [6.07, 6.45) is -0.499. The van der Waals surface area contributed by atoms with Crippen LogP contribution in [0.5, 0.6) is 5.75 Å². The highest BCUT2D eigenvalue weighted by molar-refractivity contribution is 5.61. The Morgan fingerprint density at radius 2 is 2.15 bits per heavy atom. The van der Waals surface area contributed by atoms with Crippen molar-refractivity contribution in [3.05, 3.63) is 23.8 Å². The zero-order valence-corrected chi connectivity index (χ0v) is 12.8. The normalized spacial score (nSPS) is 16.6. The van der Waals surface area contributed by atoms with Gasteiger partial charge in [0.15, 0.2) is 0 Å². The Morgan fingerprint density at radius 3 is 2.85 bits per heavy atom. The minimum atomic E-state index is -0.499. The quantitative estimate of drug-likeness (QED) is 0.919. The Kier molecular flexibility index (Phi) is 4.55. The lowest BCUT2D eigenvalue weighted by Gasteiger charge is -2.33. The molecule has 0 saturated carbocycles. The first kappa shape index (κ1) is 15.1. The SMILES string of the molecule is Cc1ccc2c(c1)OCCN2CC(O)COC(C)(C)C. The monoisotopic (exact) mass is 279 g/mol. The molecule has 1 aromatic rings. The molecule has 1 unspecified atom stereocenters. The van der Waals surface area contributed by atoms with E-state index in [-0.39, 0.29) is 5.60 Å². The van der Waals surface area contributed by atoms with Crippen molar-refractivity contribution in [2.45, 2.75) is 39.4 Å². The highest BCUT2D eigenvalue weighted by atomic mass is 16.5. The van der Waals surface area contributed by atoms with Crippen molar-refractivity contribution in [1.82, 2.24) is 0 Å². The Bertz CT molecular complexity index is 454. The molecule has 1 aromatic carbocycles. The highest BCUT2D eigenvalue weighted by Crippen LogP contribution is 2.32. The number of hydrogen-bond acceptors (Lipinski definition) is 4. The Hall–Kier alpha value is -1.26. The third-order valence-corrected chi connectivity index (χ3v) is 3.21. The van der Waals surface area contributed by atoms with Crippen molar-refractivity contribution in [3.8, 4) is 5.75 Å². The topological polar surface area (TPSA) is 41.9 Å². The Labute approximate surface area is 121 Å². The maximum atomic E-state index is 10.1. The zero-order chi connectivity index (χ0) is 14.8. The highest BCUT2D eigenvalue weighted by Gasteiger charge is 2.21. The number of benzene rings is 1. The average Bonchev–Trinajstić information content (AvgIpc) is 2.35. The minimum Gasteiger partial charge on any atom is -0.490 e. The fourth-order valence-electron chi connectivity index (χ4n) is 2.23. The van der Waals surface area contributed by atoms with Crippen molar-refractivity contribution in [2.75, 3.05) is 31.2 Å². The number of rotatable bonds is 4. The molecule has 1 N–H and O–H groups in total. The molecule has 1 aliphatic rings. The third kappa shape index (κ3) is 4.12. The first-order valence-electron chi connectivity index (χ1n) is 7.15. The van der Waals surface area contributed by atoms with Gasteiger partial charge in [0.2, 0.25) is 0 Å². The molecule has 0 amide bonds. The standard InChI is InChI=1S/C16H25NO3/c1-12-5-6-14-15(9-12)19-8-7-17(14)10-13(18)11-20-16(2,3)4/h5-6,9,13,18H,7-8,10-11H2,1-4H3. The molecular weight excluding hydrogens is 254 g/mol. The van der Waals surface area contributed by atoms with E-state index in [1.54, 1.807) is 0 Å². The van der Waals surface area contributed by atoms with E-state index in [0.29, 0.717) is 19.8 Å². The number of hydrogen-bond donors (Lipinski definition) is 1. The van der Waals surface area contributed by atoms with Gasteiger partial charge in [0.1, 0.15) is 12.4 Å². The Morgan fingerprint density at radius 1 is 1.40 bits per heavy atom. The maximum absolute atomic E-state index is 10.1. The van der Waals surface area contributed by atoms with E-state index in [0.717, 1.165) is 18.0 Å². The van der Waals surface area contributed by atoms with E-state index in [1.165, 1.54) is 5.56 Å². The van der Waals surface area contributed by atoms with Crippen LogP contribution in [-0.2, 0) is 4.74 Å². The molecule has 0 aromatic heterocycles. The van der Waals surface area contributed by atoms with Crippen LogP contribution in [0.1, 0.15) is 26.3 Å². The summed E-state index contributed by atoms with van der Waals surface area (Å²) in [5.41, 5.74) is 2.01. The van der Waals surface area contributed by atoms with E-state index in [1.807, 2.05) is 26.8 Å². The molecule has 1 atom stereocenters. The number of aryl methyl sites for hydroxylation is 1. The van der Waals surface area contributed by atoms with Crippen LogP contribution in [0.2, 0.25) is 0 Å². The lowest BCUT2D eigenvalue weighted by molar-refractivity contribution is -0.0465. The second-order valence-corrected chi connectivity index (χ2v) is 6.34. The van der Waals surface area contributed by atoms with Gasteiger partial charge >= 0.3 is 0 Å². The van der Waals surface area contributed by atoms with Gasteiger partial charge in [-0.25, -0.2) is 0 Å². The van der Waals surface area contributed by atoms with Gasteiger partial charge in [-0.1, -0.05) is 6.07 Å². The van der Waals surface area contributed by atoms with E-state index >= 15 is 0 Å². The van der Waals surface area contributed by atoms with Crippen molar-refractivity contribution in [1.29, 1.82) is 0 Å². The fraction of sp³-hybridized carbons (Fsp3) is 0.625. The maximum Gasteiger partial charge on any atom is 0.142 e. The molecule has 20 heavy (non-hydrogen) atoms. The summed E-state index contributed by atoms with van der Waals surface area (Å²) in [5, 5.41) is 10.1. The van der Waals surface area contributed by atoms with Crippen LogP contribution >= 0.6 is 0 Å². The second kappa shape index (κ2) is 6.02. The summed E-state index contributed by atoms with van der Waals surface area (Å²) in [6, 6.07) is 6.17. The third-order valence-electron chi connectivity index (χ3n) is 3.21. The molecule has 4 nitrogen and oxygen atoms in total. The molecular formula is C16H25NO3. The van der Waals surface area contributed by atoms with Gasteiger partial charge in [-0.3, -0.25) is 0 Å². The van der Waals surface area contributed by atoms with Gasteiger partial charge in [0.25, 0.3) is 0 Å². The number of anilines is 1. The van der Waals surface area contributed by atoms with Gasteiger partial charge < -0.3 is 19.5 Å². The van der Waals surface area contributed by atoms with Crippen LogP contribution in [0.4, 0.5) is 5.69 Å². The molecule has 1 aliphatic heterocycles. The molecule has 0 aliphatic carbocycles. The number of fused-ring (bicyclic) bond motifs is 1. The first-order chi connectivity index (χ1) is 9.35. The van der Waals surface area contributed by atoms with Crippen LogP contribution in [0.3, 0.4) is 0 Å². The smallest absolute Gasteiger partial charge is 0.142 e. The summed E-state index contributed by atoms with van der Waals surface area (Å²) >= 11 is 0. The summed E-state index contributed by atoms with van der Waals surface area (Å²) < 4.78 is 11.3. The lowest BCUT2D eigenvalue weighted by atomic mass is 10.1. The van der Waals surface area contributed by atoms with Crippen molar-refractivity contribution in [3.63, 3.8) is 0 Å². The summed E-state index contributed by atoms with van der Waals surface area (Å²) in [5.74, 6) is 0.903. The van der Waals surface area contributed by atoms with Crippen molar-refractivity contribution >= 4 is 5.69 Å². The summed E-state index contributed by atoms with van der Waals surface area (Å²) in [4.78, 5) is 2.16. The summed E-state index contributed by atoms with van der Waals surface area (Å²) in [7, 11) is 0. The molecule has 4 heteroatoms. The van der Waals surface area contributed by atoms with Crippen LogP contribution in [0.25, 0.3) is 0 Å². The van der Waals surface area contributed by atoms with Gasteiger partial charge in [0, 0.05) is 6.54 Å². The van der Waals surface area contributed by atoms with E-state index < -0.39 is 6.10 Å². The van der Waals surface area contributed by atoms with E-state index in [2.05, 4.69) is 24.0 Å². The summed E-state index contributed by atoms with van der Waals surface area (Å²) in [6.45, 7) is 10.4. The van der Waals surface area contributed by atoms with Gasteiger partial charge in [0.05, 0.1) is 30.5 Å². The van der Waals surface area contributed by atoms with Gasteiger partial charge in [-0.05, 0) is 45.4 Å². The van der Waals surface area contributed by atoms with Crippen LogP contribution in [-0.4, -0.2) is 43.1 Å². The molecule has 0 spiro atoms. The van der Waals surface area contributed by atoms with Crippen molar-refractivity contribution < 1.29 is 14.6 Å². The molecule has 112 valence electrons. The lowest BCUT2D eigenvalue weighted by Crippen LogP contribution is -2.41. The molecule has 0 fully saturated rings. The second-order valence-electron chi connectivity index (χ2n) is 6.34. The number of nitrogens with zero attached hydrogens (tertiary/aromatic N) is 1. The zero-order valence-electron chi connectivity index (χ0n) is 12.8. The van der Waals surface area contributed by atoms with Gasteiger partial charge in [-0.2, -0.15) is 0 Å². The number of aliphatic hydroxyl groups excluding tert-OH is 1. The predicted octanol–water partition coefficient (Wildman–Crippen LogP) is 2.37. The van der Waals surface area contributed by atoms with Crippen LogP contribution in [0.15, 0.2) is 18.2 Å². The predicted molar refractivity (Wildman–Crippen MR) is 80.6 cm³/mol. The van der Waals surface area contributed by atoms with Crippen molar-refractivity contribution in [2.24, 2.45) is 0 Å². The molecule has 0 radical (unpaired) electrons. The first-order valence-corrected chi connectivity index (χ1v) is 7.15. The van der Waals surface area contributed by atoms with E-state index in [4.69, 9.17) is 9.47 Å². The fourth-order valence-corrected chi connectivity index (χ4v) is 2.23. The van der Waals surface area contributed by atoms with Crippen LogP contribution in [0, 0.1) is 6.92 Å². The number of aliphatic hydroxyl groups is 1. The molecule has 0 bridgehead atoms. The molecule has 1 heterocycles. The Balaban J connectivity index is 1.98. The van der Waals surface area contributed by atoms with E-state index in [9.17, 15) is 5.11 Å². The van der Waals surface area contributed by atoms with Gasteiger partial charge in [-0.15, -0.1) is 0 Å². The molecule has 2 rings (SSSR count). The minimum absolute atomic E-state index is 0.221. The largest absolute Gasteiger partial charge is 0.490 e. The molecule has 0 saturated heterocycles. The number of β-amino-alcohol motifs (C(OH)–C–C–N with tert-alkyl or cyclic N) is 1.